The number of hydrogen-bond donors (Lipinski definition) is 1. The van der Waals surface area contributed by atoms with Crippen LogP contribution in [0.1, 0.15) is 33.1 Å². The van der Waals surface area contributed by atoms with Gasteiger partial charge in [0.2, 0.25) is 0 Å². The van der Waals surface area contributed by atoms with Gasteiger partial charge in [-0.25, -0.2) is 0 Å². The molecule has 0 aromatic carbocycles. The Morgan fingerprint density at radius 3 is 2.76 bits per heavy atom. The zero-order chi connectivity index (χ0) is 12.5. The normalized spacial score (nSPS) is 29.2. The fraction of sp³-hybridized carbons (Fsp3) is 0.923. The molecule has 0 bridgehead atoms. The molecule has 0 radical (unpaired) electrons. The van der Waals surface area contributed by atoms with Crippen LogP contribution in [0, 0.1) is 11.3 Å². The first-order valence-electron chi connectivity index (χ1n) is 6.63. The molecule has 98 valence electrons. The number of nitrogens with zero attached hydrogens (tertiary/aromatic N) is 1. The van der Waals surface area contributed by atoms with Gasteiger partial charge in [0.1, 0.15) is 6.04 Å². The molecule has 1 N–H and O–H groups in total. The zero-order valence-corrected chi connectivity index (χ0v) is 10.8. The van der Waals surface area contributed by atoms with Crippen LogP contribution in [0.25, 0.3) is 0 Å². The zero-order valence-electron chi connectivity index (χ0n) is 10.8. The highest BCUT2D eigenvalue weighted by Crippen LogP contribution is 2.52. The first kappa shape index (κ1) is 12.8. The van der Waals surface area contributed by atoms with Crippen molar-refractivity contribution < 1.29 is 14.6 Å². The minimum Gasteiger partial charge on any atom is -0.480 e. The highest BCUT2D eigenvalue weighted by Gasteiger charge is 2.51. The Bertz CT molecular complexity index is 288. The third kappa shape index (κ3) is 2.33. The first-order chi connectivity index (χ1) is 8.09. The van der Waals surface area contributed by atoms with Crippen molar-refractivity contribution in [3.05, 3.63) is 0 Å². The van der Waals surface area contributed by atoms with Crippen LogP contribution in [-0.4, -0.2) is 48.3 Å². The Balaban J connectivity index is 1.99. The molecule has 0 aromatic rings. The molecule has 1 heterocycles. The second kappa shape index (κ2) is 4.94. The number of aliphatic carboxylic acids is 1. The fourth-order valence-corrected chi connectivity index (χ4v) is 3.21. The first-order valence-corrected chi connectivity index (χ1v) is 6.63. The summed E-state index contributed by atoms with van der Waals surface area (Å²) in [6, 6.07) is -0.362. The average Bonchev–Trinajstić information content (AvgIpc) is 2.64. The van der Waals surface area contributed by atoms with Crippen LogP contribution in [0.3, 0.4) is 0 Å². The molecule has 0 unspecified atom stereocenters. The van der Waals surface area contributed by atoms with Crippen molar-refractivity contribution in [2.24, 2.45) is 11.3 Å². The fourth-order valence-electron chi connectivity index (χ4n) is 3.21. The molecule has 2 fully saturated rings. The predicted molar refractivity (Wildman–Crippen MR) is 64.9 cm³/mol. The maximum atomic E-state index is 11.1. The third-order valence-electron chi connectivity index (χ3n) is 4.62. The van der Waals surface area contributed by atoms with Crippen LogP contribution in [-0.2, 0) is 9.53 Å². The van der Waals surface area contributed by atoms with Crippen LogP contribution in [0.5, 0.6) is 0 Å². The molecule has 1 saturated carbocycles. The van der Waals surface area contributed by atoms with Crippen LogP contribution >= 0.6 is 0 Å². The summed E-state index contributed by atoms with van der Waals surface area (Å²) in [6.45, 7) is 7.17. The van der Waals surface area contributed by atoms with E-state index in [-0.39, 0.29) is 6.04 Å². The molecule has 17 heavy (non-hydrogen) atoms. The smallest absolute Gasteiger partial charge is 0.320 e. The van der Waals surface area contributed by atoms with Crippen LogP contribution in [0.2, 0.25) is 0 Å². The Morgan fingerprint density at radius 1 is 1.59 bits per heavy atom. The van der Waals surface area contributed by atoms with Crippen molar-refractivity contribution in [3.63, 3.8) is 0 Å². The molecular weight excluding hydrogens is 218 g/mol. The topological polar surface area (TPSA) is 49.8 Å². The molecule has 1 aliphatic carbocycles. The molecule has 4 nitrogen and oxygen atoms in total. The van der Waals surface area contributed by atoms with E-state index in [1.807, 2.05) is 6.92 Å². The van der Waals surface area contributed by atoms with E-state index in [4.69, 9.17) is 9.84 Å². The lowest BCUT2D eigenvalue weighted by atomic mass is 9.63. The molecule has 2 rings (SSSR count). The molecule has 2 atom stereocenters. The van der Waals surface area contributed by atoms with Crippen molar-refractivity contribution in [1.29, 1.82) is 0 Å². The summed E-state index contributed by atoms with van der Waals surface area (Å²) < 4.78 is 5.56. The number of likely N-dealkylation sites (tertiary alicyclic amines) is 1. The van der Waals surface area contributed by atoms with Crippen LogP contribution in [0.15, 0.2) is 0 Å². The number of carbonyl (C=O) groups is 1. The third-order valence-corrected chi connectivity index (χ3v) is 4.62. The molecule has 0 aromatic heterocycles. The molecule has 2 aliphatic rings. The van der Waals surface area contributed by atoms with E-state index in [0.717, 1.165) is 26.3 Å². The highest BCUT2D eigenvalue weighted by atomic mass is 16.5. The van der Waals surface area contributed by atoms with E-state index in [9.17, 15) is 4.79 Å². The van der Waals surface area contributed by atoms with Gasteiger partial charge in [0.15, 0.2) is 0 Å². The molecule has 4 heteroatoms. The molecule has 1 spiro atoms. The van der Waals surface area contributed by atoms with E-state index in [1.54, 1.807) is 6.92 Å². The number of rotatable bonds is 5. The number of carboxylic acid groups (broad SMARTS) is 1. The summed E-state index contributed by atoms with van der Waals surface area (Å²) >= 11 is 0. The Hall–Kier alpha value is -0.610. The van der Waals surface area contributed by atoms with Crippen LogP contribution in [0.4, 0.5) is 0 Å². The monoisotopic (exact) mass is 241 g/mol. The number of ether oxygens (including phenoxy) is 1. The van der Waals surface area contributed by atoms with Crippen molar-refractivity contribution in [2.45, 2.75) is 39.2 Å². The van der Waals surface area contributed by atoms with E-state index in [2.05, 4.69) is 4.90 Å². The lowest BCUT2D eigenvalue weighted by Crippen LogP contribution is -2.41. The van der Waals surface area contributed by atoms with Gasteiger partial charge in [0.25, 0.3) is 0 Å². The van der Waals surface area contributed by atoms with Crippen molar-refractivity contribution >= 4 is 5.97 Å². The lowest BCUT2D eigenvalue weighted by Gasteiger charge is -2.43. The second-order valence-corrected chi connectivity index (χ2v) is 5.52. The van der Waals surface area contributed by atoms with E-state index < -0.39 is 5.97 Å². The Labute approximate surface area is 103 Å². The van der Waals surface area contributed by atoms with Gasteiger partial charge in [-0.05, 0) is 32.1 Å². The summed E-state index contributed by atoms with van der Waals surface area (Å²) in [5, 5.41) is 9.09. The van der Waals surface area contributed by atoms with Crippen LogP contribution < -0.4 is 0 Å². The van der Waals surface area contributed by atoms with Gasteiger partial charge in [-0.3, -0.25) is 9.69 Å². The Morgan fingerprint density at radius 2 is 2.29 bits per heavy atom. The molecule has 1 aliphatic heterocycles. The average molecular weight is 241 g/mol. The summed E-state index contributed by atoms with van der Waals surface area (Å²) in [7, 11) is 0. The van der Waals surface area contributed by atoms with Gasteiger partial charge >= 0.3 is 5.97 Å². The number of hydrogen-bond acceptors (Lipinski definition) is 3. The minimum absolute atomic E-state index is 0.360. The largest absolute Gasteiger partial charge is 0.480 e. The standard InChI is InChI=1S/C13H23NO3/c1-3-17-8-11-7-14(10(2)12(15)16)9-13(11)5-4-6-13/h10-11H,3-9H2,1-2H3,(H,15,16)/t10-,11+/m0/s1. The molecular formula is C13H23NO3. The van der Waals surface area contributed by atoms with E-state index >= 15 is 0 Å². The van der Waals surface area contributed by atoms with E-state index in [0.29, 0.717) is 11.3 Å². The highest BCUT2D eigenvalue weighted by molar-refractivity contribution is 5.72. The Kier molecular flexibility index (Phi) is 3.73. The summed E-state index contributed by atoms with van der Waals surface area (Å²) in [5.74, 6) is -0.186. The van der Waals surface area contributed by atoms with E-state index in [1.165, 1.54) is 19.3 Å². The predicted octanol–water partition coefficient (Wildman–Crippen LogP) is 1.60. The maximum absolute atomic E-state index is 11.1. The van der Waals surface area contributed by atoms with Gasteiger partial charge in [0.05, 0.1) is 6.61 Å². The lowest BCUT2D eigenvalue weighted by molar-refractivity contribution is -0.142. The quantitative estimate of drug-likeness (QED) is 0.794. The van der Waals surface area contributed by atoms with Gasteiger partial charge < -0.3 is 9.84 Å². The van der Waals surface area contributed by atoms with Crippen molar-refractivity contribution in [3.8, 4) is 0 Å². The van der Waals surface area contributed by atoms with Gasteiger partial charge in [-0.2, -0.15) is 0 Å². The molecule has 1 saturated heterocycles. The van der Waals surface area contributed by atoms with Gasteiger partial charge in [-0.1, -0.05) is 6.42 Å². The number of carboxylic acids is 1. The van der Waals surface area contributed by atoms with Crippen molar-refractivity contribution in [2.75, 3.05) is 26.3 Å². The molecule has 0 amide bonds. The SMILES string of the molecule is CCOC[C@H]1CN([C@@H](C)C(=O)O)CC12CCC2. The van der Waals surface area contributed by atoms with Gasteiger partial charge in [-0.15, -0.1) is 0 Å². The second-order valence-electron chi connectivity index (χ2n) is 5.52. The summed E-state index contributed by atoms with van der Waals surface area (Å²) in [5.41, 5.74) is 0.360. The summed E-state index contributed by atoms with van der Waals surface area (Å²) in [6.07, 6.45) is 3.78. The summed E-state index contributed by atoms with van der Waals surface area (Å²) in [4.78, 5) is 13.2. The van der Waals surface area contributed by atoms with Crippen molar-refractivity contribution in [1.82, 2.24) is 4.90 Å². The van der Waals surface area contributed by atoms with Gasteiger partial charge in [0, 0.05) is 25.6 Å². The maximum Gasteiger partial charge on any atom is 0.320 e. The minimum atomic E-state index is -0.712.